The molecule has 5 nitrogen and oxygen atoms in total. The zero-order valence-electron chi connectivity index (χ0n) is 15.4. The molecule has 0 spiro atoms. The highest BCUT2D eigenvalue weighted by Gasteiger charge is 2.44. The molecule has 2 aromatic rings. The molecule has 27 heavy (non-hydrogen) atoms. The molecule has 1 amide bonds. The fourth-order valence-corrected chi connectivity index (χ4v) is 3.70. The third-order valence-corrected chi connectivity index (χ3v) is 5.09. The summed E-state index contributed by atoms with van der Waals surface area (Å²) >= 11 is 0. The van der Waals surface area contributed by atoms with Crippen LogP contribution in [0, 0.1) is 0 Å². The lowest BCUT2D eigenvalue weighted by molar-refractivity contribution is -0.153. The van der Waals surface area contributed by atoms with Crippen LogP contribution in [0.5, 0.6) is 0 Å². The molecule has 1 saturated carbocycles. The third kappa shape index (κ3) is 4.08. The number of amides is 1. The Balaban J connectivity index is 1.66. The van der Waals surface area contributed by atoms with Crippen molar-refractivity contribution in [3.05, 3.63) is 65.7 Å². The van der Waals surface area contributed by atoms with E-state index in [4.69, 9.17) is 4.74 Å². The molecular formula is C22H23NO4. The van der Waals surface area contributed by atoms with Crippen LogP contribution in [0.2, 0.25) is 0 Å². The first kappa shape index (κ1) is 18.8. The number of para-hydroxylation sites is 1. The second-order valence-electron chi connectivity index (χ2n) is 6.88. The van der Waals surface area contributed by atoms with Gasteiger partial charge in [0.25, 0.3) is 5.91 Å². The van der Waals surface area contributed by atoms with E-state index in [1.807, 2.05) is 30.3 Å². The number of ether oxygens (including phenoxy) is 1. The number of hydrogen-bond donors (Lipinski definition) is 1. The molecular weight excluding hydrogens is 342 g/mol. The summed E-state index contributed by atoms with van der Waals surface area (Å²) in [6, 6.07) is 16.4. The molecule has 3 rings (SSSR count). The molecule has 0 aliphatic heterocycles. The van der Waals surface area contributed by atoms with Gasteiger partial charge < -0.3 is 10.1 Å². The van der Waals surface area contributed by atoms with Crippen molar-refractivity contribution in [1.82, 2.24) is 0 Å². The molecule has 0 heterocycles. The van der Waals surface area contributed by atoms with Gasteiger partial charge in [-0.1, -0.05) is 55.3 Å². The Bertz CT molecular complexity index is 838. The lowest BCUT2D eigenvalue weighted by Crippen LogP contribution is -2.36. The van der Waals surface area contributed by atoms with Crippen LogP contribution in [0.25, 0.3) is 0 Å². The van der Waals surface area contributed by atoms with Gasteiger partial charge >= 0.3 is 5.97 Å². The summed E-state index contributed by atoms with van der Waals surface area (Å²) in [6.07, 6.45) is 3.37. The van der Waals surface area contributed by atoms with Crippen LogP contribution in [0.15, 0.2) is 54.6 Å². The number of nitrogens with one attached hydrogen (secondary N) is 1. The molecule has 1 N–H and O–H groups in total. The van der Waals surface area contributed by atoms with Crippen molar-refractivity contribution in [3.63, 3.8) is 0 Å². The molecule has 0 atom stereocenters. The molecule has 5 heteroatoms. The highest BCUT2D eigenvalue weighted by atomic mass is 16.5. The topological polar surface area (TPSA) is 72.5 Å². The van der Waals surface area contributed by atoms with Crippen LogP contribution in [0.1, 0.15) is 48.5 Å². The first-order chi connectivity index (χ1) is 13.0. The molecule has 0 unspecified atom stereocenters. The van der Waals surface area contributed by atoms with Crippen LogP contribution >= 0.6 is 0 Å². The maximum Gasteiger partial charge on any atom is 0.317 e. The Kier molecular flexibility index (Phi) is 5.69. The molecule has 1 aliphatic rings. The van der Waals surface area contributed by atoms with E-state index in [0.29, 0.717) is 11.3 Å². The van der Waals surface area contributed by atoms with Crippen molar-refractivity contribution in [2.24, 2.45) is 0 Å². The Morgan fingerprint density at radius 1 is 0.963 bits per heavy atom. The van der Waals surface area contributed by atoms with Crippen LogP contribution in [0.4, 0.5) is 5.69 Å². The fraction of sp³-hybridized carbons (Fsp3) is 0.318. The standard InChI is InChI=1S/C22H23NO4/c1-16(24)18-11-5-6-12-19(18)23-20(25)15-27-21(26)22(13-7-8-14-22)17-9-3-2-4-10-17/h2-6,9-12H,7-8,13-15H2,1H3,(H,23,25). The number of hydrogen-bond acceptors (Lipinski definition) is 4. The summed E-state index contributed by atoms with van der Waals surface area (Å²) in [5.41, 5.74) is 1.12. The first-order valence-electron chi connectivity index (χ1n) is 9.15. The zero-order valence-corrected chi connectivity index (χ0v) is 15.4. The van der Waals surface area contributed by atoms with Gasteiger partial charge in [-0.25, -0.2) is 0 Å². The number of esters is 1. The van der Waals surface area contributed by atoms with Crippen molar-refractivity contribution in [3.8, 4) is 0 Å². The number of carbonyl (C=O) groups is 3. The molecule has 1 fully saturated rings. The average molecular weight is 365 g/mol. The van der Waals surface area contributed by atoms with Crippen LogP contribution in [0.3, 0.4) is 0 Å². The number of rotatable bonds is 6. The SMILES string of the molecule is CC(=O)c1ccccc1NC(=O)COC(=O)C1(c2ccccc2)CCCC1. The fourth-order valence-electron chi connectivity index (χ4n) is 3.70. The van der Waals surface area contributed by atoms with Gasteiger partial charge in [0.1, 0.15) is 0 Å². The van der Waals surface area contributed by atoms with Crippen molar-refractivity contribution < 1.29 is 19.1 Å². The summed E-state index contributed by atoms with van der Waals surface area (Å²) in [5.74, 6) is -0.962. The maximum absolute atomic E-state index is 12.8. The molecule has 0 bridgehead atoms. The van der Waals surface area contributed by atoms with Gasteiger partial charge in [0.2, 0.25) is 0 Å². The molecule has 2 aromatic carbocycles. The Labute approximate surface area is 158 Å². The predicted octanol–water partition coefficient (Wildman–Crippen LogP) is 3.88. The van der Waals surface area contributed by atoms with Crippen LogP contribution < -0.4 is 5.32 Å². The number of carbonyl (C=O) groups excluding carboxylic acids is 3. The number of ketones is 1. The Morgan fingerprint density at radius 3 is 2.26 bits per heavy atom. The van der Waals surface area contributed by atoms with Gasteiger partial charge in [-0.15, -0.1) is 0 Å². The number of Topliss-reactive ketones (excluding diaryl/α,β-unsaturated/α-hetero) is 1. The first-order valence-corrected chi connectivity index (χ1v) is 9.15. The quantitative estimate of drug-likeness (QED) is 0.623. The molecule has 140 valence electrons. The summed E-state index contributed by atoms with van der Waals surface area (Å²) in [5, 5.41) is 2.65. The number of anilines is 1. The largest absolute Gasteiger partial charge is 0.455 e. The van der Waals surface area contributed by atoms with Crippen molar-refractivity contribution in [1.29, 1.82) is 0 Å². The van der Waals surface area contributed by atoms with Crippen LogP contribution in [-0.4, -0.2) is 24.3 Å². The van der Waals surface area contributed by atoms with Crippen molar-refractivity contribution >= 4 is 23.3 Å². The van der Waals surface area contributed by atoms with E-state index in [1.54, 1.807) is 24.3 Å². The van der Waals surface area contributed by atoms with Gasteiger partial charge in [0.05, 0.1) is 11.1 Å². The third-order valence-electron chi connectivity index (χ3n) is 5.09. The van der Waals surface area contributed by atoms with Gasteiger partial charge in [0, 0.05) is 5.56 Å². The highest BCUT2D eigenvalue weighted by molar-refractivity contribution is 6.04. The van der Waals surface area contributed by atoms with Gasteiger partial charge in [-0.3, -0.25) is 14.4 Å². The van der Waals surface area contributed by atoms with Gasteiger partial charge in [-0.2, -0.15) is 0 Å². The average Bonchev–Trinajstić information content (AvgIpc) is 3.18. The minimum absolute atomic E-state index is 0.142. The zero-order chi connectivity index (χ0) is 19.3. The van der Waals surface area contributed by atoms with E-state index < -0.39 is 11.3 Å². The summed E-state index contributed by atoms with van der Waals surface area (Å²) in [4.78, 5) is 36.7. The van der Waals surface area contributed by atoms with Gasteiger partial charge in [0.15, 0.2) is 12.4 Å². The Morgan fingerprint density at radius 2 is 1.59 bits per heavy atom. The second kappa shape index (κ2) is 8.16. The highest BCUT2D eigenvalue weighted by Crippen LogP contribution is 2.42. The van der Waals surface area contributed by atoms with Gasteiger partial charge in [-0.05, 0) is 37.5 Å². The van der Waals surface area contributed by atoms with E-state index in [-0.39, 0.29) is 18.4 Å². The van der Waals surface area contributed by atoms with Crippen LogP contribution in [-0.2, 0) is 19.7 Å². The molecule has 0 saturated heterocycles. The summed E-state index contributed by atoms with van der Waals surface area (Å²) in [7, 11) is 0. The lowest BCUT2D eigenvalue weighted by atomic mass is 9.79. The summed E-state index contributed by atoms with van der Waals surface area (Å²) < 4.78 is 5.38. The van der Waals surface area contributed by atoms with Crippen molar-refractivity contribution in [2.75, 3.05) is 11.9 Å². The Hall–Kier alpha value is -2.95. The van der Waals surface area contributed by atoms with E-state index in [1.165, 1.54) is 6.92 Å². The molecule has 1 aliphatic carbocycles. The minimum Gasteiger partial charge on any atom is -0.455 e. The van der Waals surface area contributed by atoms with E-state index in [2.05, 4.69) is 5.32 Å². The lowest BCUT2D eigenvalue weighted by Gasteiger charge is -2.27. The summed E-state index contributed by atoms with van der Waals surface area (Å²) in [6.45, 7) is 1.06. The second-order valence-corrected chi connectivity index (χ2v) is 6.88. The maximum atomic E-state index is 12.8. The van der Waals surface area contributed by atoms with E-state index in [0.717, 1.165) is 31.2 Å². The predicted molar refractivity (Wildman–Crippen MR) is 103 cm³/mol. The van der Waals surface area contributed by atoms with E-state index >= 15 is 0 Å². The monoisotopic (exact) mass is 365 g/mol. The normalized spacial score (nSPS) is 15.1. The van der Waals surface area contributed by atoms with E-state index in [9.17, 15) is 14.4 Å². The molecule has 0 aromatic heterocycles. The minimum atomic E-state index is -0.668. The van der Waals surface area contributed by atoms with Crippen molar-refractivity contribution in [2.45, 2.75) is 38.0 Å². The molecule has 0 radical (unpaired) electrons. The number of benzene rings is 2. The smallest absolute Gasteiger partial charge is 0.317 e.